The Hall–Kier alpha value is -2.88. The van der Waals surface area contributed by atoms with Gasteiger partial charge >= 0.3 is 5.97 Å². The second-order valence-electron chi connectivity index (χ2n) is 7.65. The van der Waals surface area contributed by atoms with Crippen molar-refractivity contribution in [2.75, 3.05) is 25.5 Å². The minimum Gasteiger partial charge on any atom is -0.493 e. The Balaban J connectivity index is 1.38. The molecule has 3 aromatic rings. The van der Waals surface area contributed by atoms with Crippen molar-refractivity contribution in [1.82, 2.24) is 10.2 Å². The zero-order valence-electron chi connectivity index (χ0n) is 17.8. The van der Waals surface area contributed by atoms with Gasteiger partial charge in [-0.3, -0.25) is 9.69 Å². The number of likely N-dealkylation sites (N-methyl/N-ethyl adjacent to an activating group) is 1. The van der Waals surface area contributed by atoms with Crippen molar-refractivity contribution in [2.24, 2.45) is 0 Å². The number of nitrogens with one attached hydrogen (secondary N) is 2. The van der Waals surface area contributed by atoms with Gasteiger partial charge in [0.05, 0.1) is 12.7 Å². The van der Waals surface area contributed by atoms with E-state index in [4.69, 9.17) is 9.47 Å². The summed E-state index contributed by atoms with van der Waals surface area (Å²) in [5.74, 6) is 0.283. The molecule has 9 heteroatoms. The lowest BCUT2D eigenvalue weighted by Gasteiger charge is -2.28. The second-order valence-corrected chi connectivity index (χ2v) is 9.71. The van der Waals surface area contributed by atoms with E-state index in [9.17, 15) is 9.59 Å². The number of rotatable bonds is 5. The van der Waals surface area contributed by atoms with Crippen LogP contribution in [0.4, 0.5) is 5.00 Å². The average molecular weight is 470 g/mol. The molecule has 2 aliphatic rings. The number of anilines is 1. The standard InChI is InChI=1S/C23H23N3O4S2/c1-3-26-9-8-14-18(12-26)32-22-19(14)21(27)24-20(25-22)13-6-7-15(16(11-13)29-2)30-23(28)17-5-4-10-31-17/h4-7,10-11,20,25H,3,8-9,12H2,1-2H3,(H,24,27)/t20-/m0/s1. The Kier molecular flexibility index (Phi) is 5.62. The molecule has 1 atom stereocenters. The van der Waals surface area contributed by atoms with Crippen molar-refractivity contribution in [1.29, 1.82) is 0 Å². The number of methoxy groups -OCH3 is 1. The van der Waals surface area contributed by atoms with Crippen LogP contribution >= 0.6 is 22.7 Å². The molecule has 0 radical (unpaired) electrons. The van der Waals surface area contributed by atoms with Gasteiger partial charge in [-0.1, -0.05) is 19.1 Å². The Morgan fingerprint density at radius 2 is 2.12 bits per heavy atom. The molecule has 0 spiro atoms. The van der Waals surface area contributed by atoms with Crippen LogP contribution in [0.5, 0.6) is 11.5 Å². The number of hydrogen-bond donors (Lipinski definition) is 2. The molecule has 0 aliphatic carbocycles. The van der Waals surface area contributed by atoms with E-state index < -0.39 is 12.1 Å². The molecule has 2 N–H and O–H groups in total. The minimum absolute atomic E-state index is 0.0571. The topological polar surface area (TPSA) is 79.9 Å². The average Bonchev–Trinajstić information content (AvgIpc) is 3.46. The SMILES string of the molecule is CCN1CCc2c(sc3c2C(=O)N[C@H](c2ccc(OC(=O)c4cccs4)c(OC)c2)N3)C1. The van der Waals surface area contributed by atoms with Crippen LogP contribution in [0.3, 0.4) is 0 Å². The third-order valence-corrected chi connectivity index (χ3v) is 7.81. The van der Waals surface area contributed by atoms with Gasteiger partial charge in [-0.05, 0) is 47.7 Å². The predicted octanol–water partition coefficient (Wildman–Crippen LogP) is 4.27. The van der Waals surface area contributed by atoms with Crippen LogP contribution in [0.25, 0.3) is 0 Å². The Labute approximate surface area is 194 Å². The Morgan fingerprint density at radius 3 is 2.88 bits per heavy atom. The number of ether oxygens (including phenoxy) is 2. The lowest BCUT2D eigenvalue weighted by molar-refractivity contribution is 0.0734. The highest BCUT2D eigenvalue weighted by molar-refractivity contribution is 7.16. The number of fused-ring (bicyclic) bond motifs is 3. The van der Waals surface area contributed by atoms with E-state index in [2.05, 4.69) is 22.5 Å². The number of nitrogens with zero attached hydrogens (tertiary/aromatic N) is 1. The first kappa shape index (κ1) is 21.0. The molecule has 2 aromatic heterocycles. The summed E-state index contributed by atoms with van der Waals surface area (Å²) in [6.45, 7) is 5.04. The molecule has 0 fully saturated rings. The third kappa shape index (κ3) is 3.76. The molecule has 32 heavy (non-hydrogen) atoms. The van der Waals surface area contributed by atoms with Crippen molar-refractivity contribution in [3.05, 3.63) is 62.2 Å². The van der Waals surface area contributed by atoms with E-state index in [1.54, 1.807) is 35.6 Å². The third-order valence-electron chi connectivity index (χ3n) is 5.81. The maximum Gasteiger partial charge on any atom is 0.353 e. The number of carbonyl (C=O) groups is 2. The van der Waals surface area contributed by atoms with Gasteiger partial charge in [0.1, 0.15) is 16.0 Å². The summed E-state index contributed by atoms with van der Waals surface area (Å²) < 4.78 is 11.0. The predicted molar refractivity (Wildman–Crippen MR) is 125 cm³/mol. The van der Waals surface area contributed by atoms with Crippen molar-refractivity contribution in [3.8, 4) is 11.5 Å². The molecule has 7 nitrogen and oxygen atoms in total. The summed E-state index contributed by atoms with van der Waals surface area (Å²) in [6, 6.07) is 8.82. The summed E-state index contributed by atoms with van der Waals surface area (Å²) in [5.41, 5.74) is 2.77. The highest BCUT2D eigenvalue weighted by atomic mass is 32.1. The fraction of sp³-hybridized carbons (Fsp3) is 0.304. The van der Waals surface area contributed by atoms with Gasteiger partial charge < -0.3 is 20.1 Å². The first-order chi connectivity index (χ1) is 15.6. The van der Waals surface area contributed by atoms with Crippen LogP contribution in [0.15, 0.2) is 35.7 Å². The van der Waals surface area contributed by atoms with Gasteiger partial charge in [0.25, 0.3) is 5.91 Å². The molecule has 2 aliphatic heterocycles. The molecular weight excluding hydrogens is 446 g/mol. The number of thiophene rings is 2. The lowest BCUT2D eigenvalue weighted by atomic mass is 10.0. The summed E-state index contributed by atoms with van der Waals surface area (Å²) in [7, 11) is 1.53. The van der Waals surface area contributed by atoms with E-state index in [-0.39, 0.29) is 5.91 Å². The molecule has 0 saturated carbocycles. The van der Waals surface area contributed by atoms with Crippen LogP contribution in [-0.4, -0.2) is 37.0 Å². The van der Waals surface area contributed by atoms with Gasteiger partial charge in [-0.15, -0.1) is 22.7 Å². The van der Waals surface area contributed by atoms with E-state index in [1.807, 2.05) is 11.4 Å². The molecule has 0 saturated heterocycles. The maximum absolute atomic E-state index is 13.0. The number of benzene rings is 1. The zero-order valence-corrected chi connectivity index (χ0v) is 19.4. The molecule has 5 rings (SSSR count). The van der Waals surface area contributed by atoms with E-state index in [1.165, 1.54) is 28.9 Å². The first-order valence-electron chi connectivity index (χ1n) is 10.4. The number of hydrogen-bond acceptors (Lipinski definition) is 8. The Morgan fingerprint density at radius 1 is 1.25 bits per heavy atom. The van der Waals surface area contributed by atoms with E-state index in [0.717, 1.165) is 42.2 Å². The van der Waals surface area contributed by atoms with Crippen molar-refractivity contribution < 1.29 is 19.1 Å². The van der Waals surface area contributed by atoms with Crippen molar-refractivity contribution >= 4 is 39.6 Å². The molecule has 0 bridgehead atoms. The summed E-state index contributed by atoms with van der Waals surface area (Å²) in [6.07, 6.45) is 0.501. The normalized spacial score (nSPS) is 17.7. The smallest absolute Gasteiger partial charge is 0.353 e. The molecule has 0 unspecified atom stereocenters. The number of carbonyl (C=O) groups excluding carboxylic acids is 2. The number of amides is 1. The van der Waals surface area contributed by atoms with Gasteiger partial charge in [0.15, 0.2) is 11.5 Å². The molecule has 1 aromatic carbocycles. The lowest BCUT2D eigenvalue weighted by Crippen LogP contribution is -2.38. The quantitative estimate of drug-likeness (QED) is 0.429. The van der Waals surface area contributed by atoms with Gasteiger partial charge in [-0.25, -0.2) is 4.79 Å². The molecular formula is C23H23N3O4S2. The summed E-state index contributed by atoms with van der Waals surface area (Å²) in [4.78, 5) is 29.5. The van der Waals surface area contributed by atoms with Crippen molar-refractivity contribution in [3.63, 3.8) is 0 Å². The zero-order chi connectivity index (χ0) is 22.2. The van der Waals surface area contributed by atoms with Crippen LogP contribution in [0, 0.1) is 0 Å². The van der Waals surface area contributed by atoms with Crippen LogP contribution in [0.1, 0.15) is 49.1 Å². The molecule has 1 amide bonds. The molecule has 166 valence electrons. The van der Waals surface area contributed by atoms with Gasteiger partial charge in [-0.2, -0.15) is 0 Å². The fourth-order valence-electron chi connectivity index (χ4n) is 4.10. The van der Waals surface area contributed by atoms with Gasteiger partial charge in [0, 0.05) is 18.0 Å². The van der Waals surface area contributed by atoms with E-state index in [0.29, 0.717) is 16.4 Å². The van der Waals surface area contributed by atoms with Gasteiger partial charge in [0.2, 0.25) is 0 Å². The second kappa shape index (κ2) is 8.57. The number of esters is 1. The summed E-state index contributed by atoms with van der Waals surface area (Å²) >= 11 is 2.99. The Bertz CT molecular complexity index is 1170. The van der Waals surface area contributed by atoms with Crippen LogP contribution < -0.4 is 20.1 Å². The van der Waals surface area contributed by atoms with Crippen LogP contribution in [-0.2, 0) is 13.0 Å². The fourth-order valence-corrected chi connectivity index (χ4v) is 6.01. The molecule has 4 heterocycles. The highest BCUT2D eigenvalue weighted by Gasteiger charge is 2.33. The van der Waals surface area contributed by atoms with E-state index >= 15 is 0 Å². The van der Waals surface area contributed by atoms with Crippen molar-refractivity contribution in [2.45, 2.75) is 26.1 Å². The maximum atomic E-state index is 13.0. The van der Waals surface area contributed by atoms with Crippen LogP contribution in [0.2, 0.25) is 0 Å². The minimum atomic E-state index is -0.426. The largest absolute Gasteiger partial charge is 0.493 e. The first-order valence-corrected chi connectivity index (χ1v) is 12.1. The monoisotopic (exact) mass is 469 g/mol. The summed E-state index contributed by atoms with van der Waals surface area (Å²) in [5, 5.41) is 9.27. The highest BCUT2D eigenvalue weighted by Crippen LogP contribution is 2.41.